The van der Waals surface area contributed by atoms with E-state index in [0.29, 0.717) is 12.8 Å². The second-order valence-corrected chi connectivity index (χ2v) is 10.9. The van der Waals surface area contributed by atoms with Crippen LogP contribution in [0.3, 0.4) is 0 Å². The first-order valence-electron chi connectivity index (χ1n) is 11.5. The lowest BCUT2D eigenvalue weighted by molar-refractivity contribution is -0.144. The third kappa shape index (κ3) is 3.81. The number of rotatable bonds is 6. The summed E-state index contributed by atoms with van der Waals surface area (Å²) in [7, 11) is 0. The van der Waals surface area contributed by atoms with Crippen LogP contribution in [0, 0.1) is 22.7 Å². The van der Waals surface area contributed by atoms with Crippen LogP contribution in [0.5, 0.6) is 17.2 Å². The zero-order chi connectivity index (χ0) is 25.0. The molecule has 0 radical (unpaired) electrons. The molecule has 1 aromatic carbocycles. The van der Waals surface area contributed by atoms with Gasteiger partial charge in [0.25, 0.3) is 0 Å². The van der Waals surface area contributed by atoms with Gasteiger partial charge in [0.15, 0.2) is 17.3 Å². The number of phenolic OH excluding ortho intramolecular Hbond substituents is 3. The van der Waals surface area contributed by atoms with Gasteiger partial charge < -0.3 is 20.4 Å². The normalized spacial score (nSPS) is 21.3. The van der Waals surface area contributed by atoms with E-state index < -0.39 is 57.1 Å². The van der Waals surface area contributed by atoms with Crippen molar-refractivity contribution < 1.29 is 34.8 Å². The molecule has 3 rings (SSSR count). The minimum Gasteiger partial charge on any atom is -0.511 e. The molecule has 1 aromatic rings. The van der Waals surface area contributed by atoms with Gasteiger partial charge in [0.1, 0.15) is 28.6 Å². The molecular weight excluding hydrogens is 424 g/mol. The quantitative estimate of drug-likeness (QED) is 0.351. The van der Waals surface area contributed by atoms with Crippen LogP contribution in [0.15, 0.2) is 17.4 Å². The standard InChI is InChI=1S/C26H34O7/c1-12(2)10-14(18-22(31)25(3,4)24(33)26(5,6)23(18)32)17-15(27)11-16(28)19(21(17)30)20(29)13-8-7-9-13/h11-14,27-28,30-31H,7-10H2,1-6H3. The Bertz CT molecular complexity index is 1050. The van der Waals surface area contributed by atoms with E-state index in [9.17, 15) is 34.8 Å². The van der Waals surface area contributed by atoms with Crippen molar-refractivity contribution in [2.24, 2.45) is 22.7 Å². The van der Waals surface area contributed by atoms with Crippen LogP contribution in [0.2, 0.25) is 0 Å². The largest absolute Gasteiger partial charge is 0.511 e. The van der Waals surface area contributed by atoms with Gasteiger partial charge in [-0.2, -0.15) is 0 Å². The van der Waals surface area contributed by atoms with Gasteiger partial charge in [-0.05, 0) is 52.9 Å². The Kier molecular flexibility index (Phi) is 6.15. The number of benzene rings is 1. The summed E-state index contributed by atoms with van der Waals surface area (Å²) in [5.74, 6) is -4.77. The molecule has 1 fully saturated rings. The molecule has 180 valence electrons. The molecular formula is C26H34O7. The molecule has 7 heteroatoms. The van der Waals surface area contributed by atoms with Crippen LogP contribution in [0.25, 0.3) is 0 Å². The maximum atomic E-state index is 13.5. The lowest BCUT2D eigenvalue weighted by Gasteiger charge is -2.41. The van der Waals surface area contributed by atoms with Gasteiger partial charge in [-0.15, -0.1) is 0 Å². The summed E-state index contributed by atoms with van der Waals surface area (Å²) in [6.07, 6.45) is 2.43. The molecule has 0 spiro atoms. The number of Topliss-reactive ketones (excluding diaryl/α,β-unsaturated/α-hetero) is 3. The highest BCUT2D eigenvalue weighted by molar-refractivity contribution is 6.19. The molecule has 0 amide bonds. The predicted octanol–water partition coefficient (Wildman–Crippen LogP) is 4.93. The van der Waals surface area contributed by atoms with Crippen molar-refractivity contribution in [3.63, 3.8) is 0 Å². The molecule has 7 nitrogen and oxygen atoms in total. The van der Waals surface area contributed by atoms with Crippen LogP contribution < -0.4 is 0 Å². The molecule has 0 aromatic heterocycles. The zero-order valence-electron chi connectivity index (χ0n) is 20.2. The van der Waals surface area contributed by atoms with Crippen molar-refractivity contribution in [1.82, 2.24) is 0 Å². The van der Waals surface area contributed by atoms with E-state index in [1.54, 1.807) is 0 Å². The van der Waals surface area contributed by atoms with E-state index in [2.05, 4.69) is 0 Å². The van der Waals surface area contributed by atoms with Gasteiger partial charge in [-0.25, -0.2) is 0 Å². The highest BCUT2D eigenvalue weighted by Gasteiger charge is 2.55. The molecule has 33 heavy (non-hydrogen) atoms. The summed E-state index contributed by atoms with van der Waals surface area (Å²) < 4.78 is 0. The van der Waals surface area contributed by atoms with Gasteiger partial charge in [0, 0.05) is 29.0 Å². The Morgan fingerprint density at radius 2 is 1.58 bits per heavy atom. The third-order valence-electron chi connectivity index (χ3n) is 7.22. The minimum atomic E-state index is -1.42. The number of allylic oxidation sites excluding steroid dienone is 2. The number of ketones is 3. The van der Waals surface area contributed by atoms with Crippen molar-refractivity contribution in [2.45, 2.75) is 73.1 Å². The van der Waals surface area contributed by atoms with Gasteiger partial charge in [0.05, 0.1) is 10.8 Å². The van der Waals surface area contributed by atoms with Crippen LogP contribution >= 0.6 is 0 Å². The monoisotopic (exact) mass is 458 g/mol. The highest BCUT2D eigenvalue weighted by atomic mass is 16.3. The molecule has 2 aliphatic rings. The summed E-state index contributed by atoms with van der Waals surface area (Å²) in [5, 5.41) is 43.5. The topological polar surface area (TPSA) is 132 Å². The van der Waals surface area contributed by atoms with Gasteiger partial charge in [0.2, 0.25) is 0 Å². The second kappa shape index (κ2) is 8.19. The number of aliphatic hydroxyl groups is 1. The lowest BCUT2D eigenvalue weighted by atomic mass is 9.60. The molecule has 4 N–H and O–H groups in total. The first kappa shape index (κ1) is 24.8. The van der Waals surface area contributed by atoms with E-state index in [0.717, 1.165) is 12.5 Å². The fraction of sp³-hybridized carbons (Fsp3) is 0.577. The van der Waals surface area contributed by atoms with E-state index in [-0.39, 0.29) is 35.0 Å². The van der Waals surface area contributed by atoms with Crippen LogP contribution in [-0.4, -0.2) is 37.8 Å². The SMILES string of the molecule is CC(C)CC(C1=C(O)C(C)(C)C(=O)C(C)(C)C1=O)c1c(O)cc(O)c(C(=O)C2CCC2)c1O. The maximum absolute atomic E-state index is 13.5. The second-order valence-electron chi connectivity index (χ2n) is 10.9. The predicted molar refractivity (Wildman–Crippen MR) is 123 cm³/mol. The first-order valence-corrected chi connectivity index (χ1v) is 11.5. The summed E-state index contributed by atoms with van der Waals surface area (Å²) in [6.45, 7) is 9.84. The Labute approximate surface area is 194 Å². The summed E-state index contributed by atoms with van der Waals surface area (Å²) in [4.78, 5) is 39.4. The molecule has 1 atom stereocenters. The molecule has 0 heterocycles. The smallest absolute Gasteiger partial charge is 0.175 e. The van der Waals surface area contributed by atoms with E-state index in [4.69, 9.17) is 0 Å². The van der Waals surface area contributed by atoms with E-state index in [1.807, 2.05) is 13.8 Å². The van der Waals surface area contributed by atoms with Crippen LogP contribution in [0.4, 0.5) is 0 Å². The van der Waals surface area contributed by atoms with Crippen molar-refractivity contribution >= 4 is 17.3 Å². The Balaban J connectivity index is 2.31. The minimum absolute atomic E-state index is 0.0367. The maximum Gasteiger partial charge on any atom is 0.175 e. The van der Waals surface area contributed by atoms with Gasteiger partial charge in [-0.1, -0.05) is 20.3 Å². The molecule has 0 bridgehead atoms. The number of hydrogen-bond donors (Lipinski definition) is 4. The molecule has 2 aliphatic carbocycles. The Hall–Kier alpha value is -2.83. The highest BCUT2D eigenvalue weighted by Crippen LogP contribution is 2.53. The van der Waals surface area contributed by atoms with Crippen molar-refractivity contribution in [2.75, 3.05) is 0 Å². The molecule has 0 saturated heterocycles. The van der Waals surface area contributed by atoms with Gasteiger partial charge >= 0.3 is 0 Å². The van der Waals surface area contributed by atoms with Crippen LogP contribution in [-0.2, 0) is 9.59 Å². The van der Waals surface area contributed by atoms with Crippen molar-refractivity contribution in [1.29, 1.82) is 0 Å². The number of phenols is 3. The fourth-order valence-corrected chi connectivity index (χ4v) is 5.07. The summed E-state index contributed by atoms with van der Waals surface area (Å²) in [6, 6.07) is 1.00. The fourth-order valence-electron chi connectivity index (χ4n) is 5.07. The molecule has 1 unspecified atom stereocenters. The number of aliphatic hydroxyl groups excluding tert-OH is 1. The van der Waals surface area contributed by atoms with Crippen molar-refractivity contribution in [3.8, 4) is 17.2 Å². The first-order chi connectivity index (χ1) is 15.1. The van der Waals surface area contributed by atoms with Crippen LogP contribution in [0.1, 0.15) is 89.1 Å². The third-order valence-corrected chi connectivity index (χ3v) is 7.22. The zero-order valence-corrected chi connectivity index (χ0v) is 20.2. The lowest BCUT2D eigenvalue weighted by Crippen LogP contribution is -2.49. The summed E-state index contributed by atoms with van der Waals surface area (Å²) in [5.41, 5.74) is -3.21. The number of carbonyl (C=O) groups excluding carboxylic acids is 3. The molecule has 0 aliphatic heterocycles. The van der Waals surface area contributed by atoms with E-state index in [1.165, 1.54) is 27.7 Å². The number of aromatic hydroxyl groups is 3. The average molecular weight is 459 g/mol. The Morgan fingerprint density at radius 3 is 2.06 bits per heavy atom. The number of hydrogen-bond acceptors (Lipinski definition) is 7. The van der Waals surface area contributed by atoms with Gasteiger partial charge in [-0.3, -0.25) is 14.4 Å². The summed E-state index contributed by atoms with van der Waals surface area (Å²) >= 11 is 0. The number of carbonyl (C=O) groups is 3. The Morgan fingerprint density at radius 1 is 1.00 bits per heavy atom. The average Bonchev–Trinajstić information content (AvgIpc) is 2.63. The van der Waals surface area contributed by atoms with E-state index >= 15 is 0 Å². The molecule has 1 saturated carbocycles. The van der Waals surface area contributed by atoms with Crippen molar-refractivity contribution in [3.05, 3.63) is 28.5 Å².